The number of morpholine rings is 1. The van der Waals surface area contributed by atoms with E-state index < -0.39 is 17.6 Å². The van der Waals surface area contributed by atoms with Gasteiger partial charge in [-0.25, -0.2) is 4.39 Å². The van der Waals surface area contributed by atoms with Gasteiger partial charge in [-0.2, -0.15) is 13.2 Å². The van der Waals surface area contributed by atoms with Gasteiger partial charge in [0.15, 0.2) is 0 Å². The van der Waals surface area contributed by atoms with Crippen molar-refractivity contribution in [2.45, 2.75) is 25.4 Å². The third-order valence-electron chi connectivity index (χ3n) is 5.37. The van der Waals surface area contributed by atoms with Crippen molar-refractivity contribution in [3.05, 3.63) is 70.0 Å². The molecule has 0 bridgehead atoms. The lowest BCUT2D eigenvalue weighted by atomic mass is 9.97. The van der Waals surface area contributed by atoms with Crippen LogP contribution in [0.3, 0.4) is 0 Å². The number of ether oxygens (including phenoxy) is 1. The molecule has 0 unspecified atom stereocenters. The highest BCUT2D eigenvalue weighted by molar-refractivity contribution is 5.98. The van der Waals surface area contributed by atoms with Gasteiger partial charge in [-0.1, -0.05) is 12.1 Å². The highest BCUT2D eigenvalue weighted by Gasteiger charge is 2.33. The highest BCUT2D eigenvalue weighted by Crippen LogP contribution is 2.33. The van der Waals surface area contributed by atoms with Gasteiger partial charge in [0.25, 0.3) is 5.91 Å². The van der Waals surface area contributed by atoms with Crippen molar-refractivity contribution < 1.29 is 27.1 Å². The van der Waals surface area contributed by atoms with Crippen molar-refractivity contribution in [2.75, 3.05) is 26.7 Å². The summed E-state index contributed by atoms with van der Waals surface area (Å²) in [5.41, 5.74) is 1.79. The number of rotatable bonds is 3. The Hall–Kier alpha value is -2.45. The second-order valence-corrected chi connectivity index (χ2v) is 7.48. The molecule has 0 aromatic heterocycles. The molecule has 0 aliphatic carbocycles. The number of amides is 1. The predicted octanol–water partition coefficient (Wildman–Crippen LogP) is 4.00. The Morgan fingerprint density at radius 2 is 2.00 bits per heavy atom. The summed E-state index contributed by atoms with van der Waals surface area (Å²) < 4.78 is 58.5. The molecule has 2 heterocycles. The molecule has 2 aromatic rings. The number of carbonyl (C=O) groups excluding carboxylic acids is 1. The second kappa shape index (κ2) is 7.42. The van der Waals surface area contributed by atoms with Crippen LogP contribution in [-0.4, -0.2) is 42.5 Å². The molecular formula is C21H20F4N2O2. The number of fused-ring (bicyclic) bond motifs is 1. The fraction of sp³-hybridized carbons (Fsp3) is 0.381. The van der Waals surface area contributed by atoms with E-state index in [2.05, 4.69) is 0 Å². The summed E-state index contributed by atoms with van der Waals surface area (Å²) in [6, 6.07) is 8.15. The number of alkyl halides is 3. The van der Waals surface area contributed by atoms with E-state index in [0.717, 1.165) is 23.3 Å². The quantitative estimate of drug-likeness (QED) is 0.720. The maximum atomic E-state index is 13.7. The van der Waals surface area contributed by atoms with Gasteiger partial charge >= 0.3 is 6.18 Å². The first-order chi connectivity index (χ1) is 13.7. The molecule has 2 aliphatic rings. The van der Waals surface area contributed by atoms with Crippen molar-refractivity contribution in [3.8, 4) is 0 Å². The van der Waals surface area contributed by atoms with Crippen LogP contribution in [0.1, 0.15) is 38.7 Å². The molecule has 0 radical (unpaired) electrons. The van der Waals surface area contributed by atoms with E-state index in [1.54, 1.807) is 18.0 Å². The summed E-state index contributed by atoms with van der Waals surface area (Å²) in [6.07, 6.45) is -4.89. The lowest BCUT2D eigenvalue weighted by Gasteiger charge is -2.34. The van der Waals surface area contributed by atoms with E-state index in [0.29, 0.717) is 37.9 Å². The first kappa shape index (κ1) is 19.8. The lowest BCUT2D eigenvalue weighted by Crippen LogP contribution is -2.38. The average Bonchev–Trinajstić information content (AvgIpc) is 2.95. The van der Waals surface area contributed by atoms with Crippen LogP contribution in [0.4, 0.5) is 17.6 Å². The van der Waals surface area contributed by atoms with Crippen LogP contribution in [0.25, 0.3) is 0 Å². The molecular weight excluding hydrogens is 388 g/mol. The number of halogens is 4. The number of carbonyl (C=O) groups is 1. The van der Waals surface area contributed by atoms with Gasteiger partial charge in [-0.05, 0) is 41.0 Å². The minimum absolute atomic E-state index is 0.0334. The van der Waals surface area contributed by atoms with E-state index in [-0.39, 0.29) is 24.1 Å². The Labute approximate surface area is 165 Å². The Balaban J connectivity index is 1.54. The van der Waals surface area contributed by atoms with E-state index in [1.165, 1.54) is 0 Å². The molecule has 1 atom stereocenters. The zero-order valence-corrected chi connectivity index (χ0v) is 15.8. The standard InChI is InChI=1S/C21H20F4N2O2/c1-26-11-18-16(3-2-4-17(18)20(26)28)19-12-27(5-6-29-19)10-13-7-14(21(23,24)25)9-15(22)8-13/h2-4,7-9,19H,5-6,10-12H2,1H3/t19-/m0/s1. The molecule has 8 heteroatoms. The monoisotopic (exact) mass is 408 g/mol. The number of benzene rings is 2. The van der Waals surface area contributed by atoms with E-state index in [1.807, 2.05) is 17.0 Å². The summed E-state index contributed by atoms with van der Waals surface area (Å²) in [5, 5.41) is 0. The first-order valence-corrected chi connectivity index (χ1v) is 9.30. The molecule has 2 aliphatic heterocycles. The molecule has 0 saturated carbocycles. The average molecular weight is 408 g/mol. The molecule has 1 amide bonds. The van der Waals surface area contributed by atoms with Crippen LogP contribution in [-0.2, 0) is 24.0 Å². The molecule has 0 N–H and O–H groups in total. The number of nitrogens with zero attached hydrogens (tertiary/aromatic N) is 2. The molecule has 29 heavy (non-hydrogen) atoms. The fourth-order valence-electron chi connectivity index (χ4n) is 4.00. The third kappa shape index (κ3) is 4.00. The predicted molar refractivity (Wildman–Crippen MR) is 97.6 cm³/mol. The van der Waals surface area contributed by atoms with E-state index in [9.17, 15) is 22.4 Å². The minimum Gasteiger partial charge on any atom is -0.371 e. The van der Waals surface area contributed by atoms with Gasteiger partial charge in [0.05, 0.1) is 18.3 Å². The molecule has 1 saturated heterocycles. The number of hydrogen-bond donors (Lipinski definition) is 0. The van der Waals surface area contributed by atoms with Gasteiger partial charge in [0.1, 0.15) is 5.82 Å². The smallest absolute Gasteiger partial charge is 0.371 e. The van der Waals surface area contributed by atoms with Gasteiger partial charge in [-0.3, -0.25) is 9.69 Å². The van der Waals surface area contributed by atoms with Gasteiger partial charge in [-0.15, -0.1) is 0 Å². The molecule has 154 valence electrons. The normalized spacial score (nSPS) is 20.2. The van der Waals surface area contributed by atoms with E-state index >= 15 is 0 Å². The summed E-state index contributed by atoms with van der Waals surface area (Å²) in [5.74, 6) is -0.934. The maximum absolute atomic E-state index is 13.7. The largest absolute Gasteiger partial charge is 0.416 e. The Kier molecular flexibility index (Phi) is 5.08. The van der Waals surface area contributed by atoms with Gasteiger partial charge in [0, 0.05) is 38.8 Å². The van der Waals surface area contributed by atoms with Gasteiger partial charge < -0.3 is 9.64 Å². The Morgan fingerprint density at radius 3 is 2.76 bits per heavy atom. The van der Waals surface area contributed by atoms with Crippen LogP contribution < -0.4 is 0 Å². The summed E-state index contributed by atoms with van der Waals surface area (Å²) >= 11 is 0. The third-order valence-corrected chi connectivity index (χ3v) is 5.37. The van der Waals surface area contributed by atoms with Crippen molar-refractivity contribution in [1.29, 1.82) is 0 Å². The Morgan fingerprint density at radius 1 is 1.21 bits per heavy atom. The topological polar surface area (TPSA) is 32.8 Å². The minimum atomic E-state index is -4.59. The van der Waals surface area contributed by atoms with Crippen molar-refractivity contribution in [3.63, 3.8) is 0 Å². The molecule has 4 rings (SSSR count). The Bertz CT molecular complexity index is 945. The van der Waals surface area contributed by atoms with Crippen LogP contribution in [0, 0.1) is 5.82 Å². The highest BCUT2D eigenvalue weighted by atomic mass is 19.4. The second-order valence-electron chi connectivity index (χ2n) is 7.48. The summed E-state index contributed by atoms with van der Waals surface area (Å²) in [4.78, 5) is 15.8. The van der Waals surface area contributed by atoms with Crippen molar-refractivity contribution in [2.24, 2.45) is 0 Å². The summed E-state index contributed by atoms with van der Waals surface area (Å²) in [6.45, 7) is 2.08. The van der Waals surface area contributed by atoms with Crippen molar-refractivity contribution in [1.82, 2.24) is 9.80 Å². The zero-order valence-electron chi connectivity index (χ0n) is 15.8. The fourth-order valence-corrected chi connectivity index (χ4v) is 4.00. The molecule has 2 aromatic carbocycles. The van der Waals surface area contributed by atoms with Gasteiger partial charge in [0.2, 0.25) is 0 Å². The maximum Gasteiger partial charge on any atom is 0.416 e. The van der Waals surface area contributed by atoms with E-state index in [4.69, 9.17) is 4.74 Å². The van der Waals surface area contributed by atoms with Crippen molar-refractivity contribution >= 4 is 5.91 Å². The van der Waals surface area contributed by atoms with Crippen LogP contribution in [0.15, 0.2) is 36.4 Å². The van der Waals surface area contributed by atoms with Crippen LogP contribution in [0.2, 0.25) is 0 Å². The lowest BCUT2D eigenvalue weighted by molar-refractivity contribution is -0.137. The molecule has 1 fully saturated rings. The summed E-state index contributed by atoms with van der Waals surface area (Å²) in [7, 11) is 1.74. The van der Waals surface area contributed by atoms with Crippen LogP contribution in [0.5, 0.6) is 0 Å². The zero-order chi connectivity index (χ0) is 20.8. The molecule has 0 spiro atoms. The number of hydrogen-bond acceptors (Lipinski definition) is 3. The van der Waals surface area contributed by atoms with Crippen LogP contribution >= 0.6 is 0 Å². The first-order valence-electron chi connectivity index (χ1n) is 9.30. The molecule has 4 nitrogen and oxygen atoms in total. The SMILES string of the molecule is CN1Cc2c(cccc2[C@@H]2CN(Cc3cc(F)cc(C(F)(F)F)c3)CCO2)C1=O.